The molecule has 0 spiro atoms. The van der Waals surface area contributed by atoms with E-state index in [1.54, 1.807) is 24.3 Å². The summed E-state index contributed by atoms with van der Waals surface area (Å²) in [5.74, 6) is -2.25. The molecule has 0 radical (unpaired) electrons. The molecular formula is C22H26CaO4. The first-order valence-electron chi connectivity index (χ1n) is 8.46. The zero-order chi connectivity index (χ0) is 20.1. The zero-order valence-corrected chi connectivity index (χ0v) is 19.2. The van der Waals surface area contributed by atoms with Crippen LogP contribution >= 0.6 is 0 Å². The van der Waals surface area contributed by atoms with Crippen molar-refractivity contribution in [2.75, 3.05) is 0 Å². The van der Waals surface area contributed by atoms with Crippen molar-refractivity contribution in [1.29, 1.82) is 0 Å². The summed E-state index contributed by atoms with van der Waals surface area (Å²) in [7, 11) is 0. The molecule has 0 atom stereocenters. The number of hydrogen-bond acceptors (Lipinski definition) is 4. The smallest absolute Gasteiger partial charge is 0.545 e. The Morgan fingerprint density at radius 3 is 0.963 bits per heavy atom. The number of aromatic carboxylic acids is 2. The van der Waals surface area contributed by atoms with Crippen molar-refractivity contribution < 1.29 is 19.8 Å². The minimum atomic E-state index is -1.12. The molecule has 5 heteroatoms. The van der Waals surface area contributed by atoms with Gasteiger partial charge in [-0.1, -0.05) is 90.1 Å². The van der Waals surface area contributed by atoms with E-state index in [4.69, 9.17) is 0 Å². The van der Waals surface area contributed by atoms with Crippen LogP contribution in [0.25, 0.3) is 0 Å². The molecule has 2 aromatic rings. The monoisotopic (exact) mass is 394 g/mol. The molecule has 0 amide bonds. The zero-order valence-electron chi connectivity index (χ0n) is 17.0. The van der Waals surface area contributed by atoms with E-state index in [2.05, 4.69) is 41.5 Å². The Morgan fingerprint density at radius 1 is 0.593 bits per heavy atom. The van der Waals surface area contributed by atoms with Gasteiger partial charge in [-0.25, -0.2) is 0 Å². The largest absolute Gasteiger partial charge is 2.00 e. The van der Waals surface area contributed by atoms with Gasteiger partial charge in [-0.3, -0.25) is 0 Å². The van der Waals surface area contributed by atoms with Crippen molar-refractivity contribution >= 4 is 49.7 Å². The average molecular weight is 395 g/mol. The Hall–Kier alpha value is -1.36. The van der Waals surface area contributed by atoms with E-state index in [1.807, 2.05) is 24.3 Å². The normalized spacial score (nSPS) is 10.9. The molecule has 0 saturated carbocycles. The fraction of sp³-hybridized carbons (Fsp3) is 0.364. The number of carboxylic acid groups (broad SMARTS) is 2. The van der Waals surface area contributed by atoms with Gasteiger partial charge in [-0.05, 0) is 33.1 Å². The summed E-state index contributed by atoms with van der Waals surface area (Å²) in [5, 5.41) is 20.9. The molecule has 2 rings (SSSR count). The number of carbonyl (C=O) groups is 2. The van der Waals surface area contributed by atoms with Crippen LogP contribution in [0.15, 0.2) is 48.5 Å². The molecule has 0 aliphatic rings. The molecule has 0 bridgehead atoms. The van der Waals surface area contributed by atoms with Gasteiger partial charge in [0.2, 0.25) is 0 Å². The first kappa shape index (κ1) is 25.6. The Balaban J connectivity index is 0.000000483. The molecule has 0 N–H and O–H groups in total. The third-order valence-electron chi connectivity index (χ3n) is 3.97. The molecule has 0 fully saturated rings. The van der Waals surface area contributed by atoms with Gasteiger partial charge < -0.3 is 19.8 Å². The van der Waals surface area contributed by atoms with E-state index < -0.39 is 11.9 Å². The predicted octanol–water partition coefficient (Wildman–Crippen LogP) is 2.31. The maximum Gasteiger partial charge on any atom is 2.00 e. The number of hydrogen-bond donors (Lipinski definition) is 0. The molecule has 0 aliphatic carbocycles. The average Bonchev–Trinajstić information content (AvgIpc) is 2.54. The van der Waals surface area contributed by atoms with E-state index in [9.17, 15) is 19.8 Å². The summed E-state index contributed by atoms with van der Waals surface area (Å²) >= 11 is 0. The summed E-state index contributed by atoms with van der Waals surface area (Å²) in [6.45, 7) is 12.5. The molecule has 27 heavy (non-hydrogen) atoms. The van der Waals surface area contributed by atoms with Gasteiger partial charge in [0.05, 0.1) is 11.9 Å². The molecule has 140 valence electrons. The van der Waals surface area contributed by atoms with Crippen LogP contribution in [-0.2, 0) is 10.8 Å². The molecular weight excluding hydrogens is 368 g/mol. The van der Waals surface area contributed by atoms with E-state index in [0.717, 1.165) is 11.1 Å². The summed E-state index contributed by atoms with van der Waals surface area (Å²) in [6.07, 6.45) is 0. The van der Waals surface area contributed by atoms with Crippen LogP contribution in [0, 0.1) is 0 Å². The van der Waals surface area contributed by atoms with Crippen molar-refractivity contribution in [3.05, 3.63) is 70.8 Å². The van der Waals surface area contributed by atoms with Crippen LogP contribution in [0.5, 0.6) is 0 Å². The first-order valence-corrected chi connectivity index (χ1v) is 8.46. The second-order valence-electron chi connectivity index (χ2n) is 8.23. The van der Waals surface area contributed by atoms with E-state index in [-0.39, 0.29) is 59.7 Å². The van der Waals surface area contributed by atoms with Crippen LogP contribution in [0.2, 0.25) is 0 Å². The third-order valence-corrected chi connectivity index (χ3v) is 3.97. The fourth-order valence-electron chi connectivity index (χ4n) is 2.21. The quantitative estimate of drug-likeness (QED) is 0.732. The van der Waals surface area contributed by atoms with E-state index in [0.29, 0.717) is 0 Å². The van der Waals surface area contributed by atoms with Crippen molar-refractivity contribution in [2.45, 2.75) is 52.4 Å². The summed E-state index contributed by atoms with van der Waals surface area (Å²) in [4.78, 5) is 20.9. The van der Waals surface area contributed by atoms with Crippen molar-refractivity contribution in [2.24, 2.45) is 0 Å². The van der Waals surface area contributed by atoms with Gasteiger partial charge in [0.15, 0.2) is 0 Å². The Morgan fingerprint density at radius 2 is 0.815 bits per heavy atom. The van der Waals surface area contributed by atoms with Crippen LogP contribution in [0.1, 0.15) is 73.4 Å². The predicted molar refractivity (Wildman–Crippen MR) is 105 cm³/mol. The van der Waals surface area contributed by atoms with Crippen LogP contribution in [0.3, 0.4) is 0 Å². The summed E-state index contributed by atoms with van der Waals surface area (Å²) < 4.78 is 0. The maximum absolute atomic E-state index is 10.5. The number of rotatable bonds is 2. The Bertz CT molecular complexity index is 681. The Labute approximate surface area is 191 Å². The fourth-order valence-corrected chi connectivity index (χ4v) is 2.21. The Kier molecular flexibility index (Phi) is 9.74. The van der Waals surface area contributed by atoms with Crippen molar-refractivity contribution in [3.8, 4) is 0 Å². The van der Waals surface area contributed by atoms with Gasteiger partial charge in [0.25, 0.3) is 0 Å². The molecule has 0 aromatic heterocycles. The molecule has 2 aromatic carbocycles. The topological polar surface area (TPSA) is 80.3 Å². The molecule has 4 nitrogen and oxygen atoms in total. The van der Waals surface area contributed by atoms with Gasteiger partial charge in [-0.15, -0.1) is 0 Å². The van der Waals surface area contributed by atoms with Gasteiger partial charge in [-0.2, -0.15) is 0 Å². The minimum Gasteiger partial charge on any atom is -0.545 e. The minimum absolute atomic E-state index is 0. The maximum atomic E-state index is 10.5. The van der Waals surface area contributed by atoms with Crippen LogP contribution in [0.4, 0.5) is 0 Å². The summed E-state index contributed by atoms with van der Waals surface area (Å²) in [5.41, 5.74) is 2.82. The van der Waals surface area contributed by atoms with Crippen molar-refractivity contribution in [1.82, 2.24) is 0 Å². The van der Waals surface area contributed by atoms with E-state index >= 15 is 0 Å². The molecule has 0 saturated heterocycles. The number of carboxylic acids is 2. The number of benzene rings is 2. The van der Waals surface area contributed by atoms with Gasteiger partial charge in [0.1, 0.15) is 0 Å². The van der Waals surface area contributed by atoms with Gasteiger partial charge >= 0.3 is 37.7 Å². The summed E-state index contributed by atoms with van der Waals surface area (Å²) in [6, 6.07) is 13.6. The van der Waals surface area contributed by atoms with Gasteiger partial charge in [0, 0.05) is 0 Å². The molecule has 0 heterocycles. The second-order valence-corrected chi connectivity index (χ2v) is 8.23. The molecule has 0 unspecified atom stereocenters. The van der Waals surface area contributed by atoms with Crippen LogP contribution in [-0.4, -0.2) is 49.7 Å². The van der Waals surface area contributed by atoms with Crippen molar-refractivity contribution in [3.63, 3.8) is 0 Å². The number of carbonyl (C=O) groups excluding carboxylic acids is 2. The first-order chi connectivity index (χ1) is 11.8. The SMILES string of the molecule is CC(C)(C)c1ccc(C(=O)[O-])cc1.CC(C)(C)c1ccc(C(=O)[O-])cc1.[Ca+2]. The standard InChI is InChI=1S/2C11H14O2.Ca/c2*1-11(2,3)9-6-4-8(5-7-9)10(12)13;/h2*4-7H,1-3H3,(H,12,13);/q;;+2/p-2. The second kappa shape index (κ2) is 10.3. The third kappa shape index (κ3) is 8.46. The van der Waals surface area contributed by atoms with Crippen LogP contribution < -0.4 is 10.2 Å². The van der Waals surface area contributed by atoms with E-state index in [1.165, 1.54) is 0 Å². The molecule has 0 aliphatic heterocycles.